The third-order valence-corrected chi connectivity index (χ3v) is 5.52. The molecule has 2 aromatic rings. The number of alkyl halides is 2. The molecule has 0 aliphatic carbocycles. The summed E-state index contributed by atoms with van der Waals surface area (Å²) in [5.74, 6) is -5.51. The smallest absolute Gasteiger partial charge is 0.268 e. The van der Waals surface area contributed by atoms with Gasteiger partial charge >= 0.3 is 0 Å². The van der Waals surface area contributed by atoms with Crippen LogP contribution < -0.4 is 5.73 Å². The van der Waals surface area contributed by atoms with Crippen molar-refractivity contribution >= 4 is 23.2 Å². The molecule has 1 aromatic carbocycles. The van der Waals surface area contributed by atoms with Gasteiger partial charge in [0.05, 0.1) is 24.2 Å². The third kappa shape index (κ3) is 3.66. The van der Waals surface area contributed by atoms with Crippen LogP contribution in [0.15, 0.2) is 30.3 Å². The number of rotatable bonds is 4. The molecule has 1 fully saturated rings. The number of benzene rings is 1. The van der Waals surface area contributed by atoms with Gasteiger partial charge in [-0.2, -0.15) is 5.26 Å². The number of aromatic nitrogens is 1. The quantitative estimate of drug-likeness (QED) is 0.867. The first kappa shape index (κ1) is 18.9. The number of nitrogens with two attached hydrogens (primary N) is 1. The minimum atomic E-state index is -3.11. The van der Waals surface area contributed by atoms with Crippen molar-refractivity contribution in [1.82, 2.24) is 9.88 Å². The van der Waals surface area contributed by atoms with Crippen molar-refractivity contribution in [2.75, 3.05) is 6.54 Å². The largest absolute Gasteiger partial charge is 0.365 e. The van der Waals surface area contributed by atoms with Crippen LogP contribution >= 0.6 is 11.3 Å². The van der Waals surface area contributed by atoms with E-state index in [4.69, 9.17) is 11.0 Å². The van der Waals surface area contributed by atoms with E-state index in [9.17, 15) is 18.4 Å². The summed E-state index contributed by atoms with van der Waals surface area (Å²) >= 11 is 1.05. The molecule has 0 saturated carbocycles. The summed E-state index contributed by atoms with van der Waals surface area (Å²) in [7, 11) is 0. The van der Waals surface area contributed by atoms with Gasteiger partial charge in [0.15, 0.2) is 0 Å². The highest BCUT2D eigenvalue weighted by molar-refractivity contribution is 7.17. The van der Waals surface area contributed by atoms with Gasteiger partial charge in [-0.05, 0) is 6.92 Å². The zero-order valence-corrected chi connectivity index (χ0v) is 15.2. The Hall–Kier alpha value is -2.86. The number of hydrogen-bond donors (Lipinski definition) is 1. The fourth-order valence-electron chi connectivity index (χ4n) is 3.04. The molecule has 0 radical (unpaired) electrons. The molecular weight excluding hydrogens is 374 g/mol. The van der Waals surface area contributed by atoms with Crippen LogP contribution in [-0.4, -0.2) is 40.2 Å². The molecular formula is C18H16F2N4O2S. The van der Waals surface area contributed by atoms with Gasteiger partial charge in [0, 0.05) is 12.0 Å². The van der Waals surface area contributed by atoms with E-state index < -0.39 is 42.7 Å². The van der Waals surface area contributed by atoms with Gasteiger partial charge in [0.1, 0.15) is 15.9 Å². The van der Waals surface area contributed by atoms with Crippen LogP contribution in [0.25, 0.3) is 10.6 Å². The predicted molar refractivity (Wildman–Crippen MR) is 95.2 cm³/mol. The van der Waals surface area contributed by atoms with Gasteiger partial charge < -0.3 is 10.6 Å². The van der Waals surface area contributed by atoms with Crippen molar-refractivity contribution in [3.8, 4) is 16.6 Å². The molecule has 1 aromatic heterocycles. The molecule has 2 N–H and O–H groups in total. The summed E-state index contributed by atoms with van der Waals surface area (Å²) in [5, 5.41) is 9.60. The Labute approximate surface area is 158 Å². The van der Waals surface area contributed by atoms with Crippen molar-refractivity contribution in [3.05, 3.63) is 40.9 Å². The maximum Gasteiger partial charge on any atom is 0.268 e. The highest BCUT2D eigenvalue weighted by Crippen LogP contribution is 2.36. The van der Waals surface area contributed by atoms with E-state index in [2.05, 4.69) is 4.98 Å². The van der Waals surface area contributed by atoms with Crippen LogP contribution in [0.3, 0.4) is 0 Å². The van der Waals surface area contributed by atoms with Crippen molar-refractivity contribution in [3.63, 3.8) is 0 Å². The first-order chi connectivity index (χ1) is 12.7. The monoisotopic (exact) mass is 390 g/mol. The highest BCUT2D eigenvalue weighted by Gasteiger charge is 2.48. The summed E-state index contributed by atoms with van der Waals surface area (Å²) in [5.41, 5.74) is 6.32. The number of nitrogens with zero attached hydrogens (tertiary/aromatic N) is 3. The van der Waals surface area contributed by atoms with Gasteiger partial charge in [-0.3, -0.25) is 9.59 Å². The normalized spacial score (nSPS) is 19.5. The van der Waals surface area contributed by atoms with E-state index in [1.54, 1.807) is 30.3 Å². The Morgan fingerprint density at radius 2 is 2.07 bits per heavy atom. The minimum Gasteiger partial charge on any atom is -0.365 e. The van der Waals surface area contributed by atoms with Gasteiger partial charge in [-0.1, -0.05) is 30.3 Å². The molecule has 3 rings (SSSR count). The lowest BCUT2D eigenvalue weighted by molar-refractivity contribution is -0.133. The first-order valence-electron chi connectivity index (χ1n) is 8.17. The zero-order chi connectivity index (χ0) is 19.8. The Balaban J connectivity index is 1.95. The molecule has 2 heterocycles. The van der Waals surface area contributed by atoms with Crippen LogP contribution in [0.5, 0.6) is 0 Å². The fourth-order valence-corrected chi connectivity index (χ4v) is 4.05. The lowest BCUT2D eigenvalue weighted by Gasteiger charge is -2.22. The fraction of sp³-hybridized carbons (Fsp3) is 0.333. The Bertz CT molecular complexity index is 923. The SMILES string of the molecule is C[C@@H](C(=O)N1CC(F)(F)C[C@H]1C#N)c1nc(-c2ccccc2)sc1C(N)=O. The molecule has 2 atom stereocenters. The maximum absolute atomic E-state index is 13.7. The number of amides is 2. The number of hydrogen-bond acceptors (Lipinski definition) is 5. The van der Waals surface area contributed by atoms with Crippen molar-refractivity contribution in [2.45, 2.75) is 31.2 Å². The van der Waals surface area contributed by atoms with Gasteiger partial charge in [-0.15, -0.1) is 11.3 Å². The average Bonchev–Trinajstić information content (AvgIpc) is 3.22. The Morgan fingerprint density at radius 3 is 2.67 bits per heavy atom. The summed E-state index contributed by atoms with van der Waals surface area (Å²) in [4.78, 5) is 30.0. The lowest BCUT2D eigenvalue weighted by atomic mass is 10.0. The number of carbonyl (C=O) groups is 2. The summed E-state index contributed by atoms with van der Waals surface area (Å²) in [6.07, 6.45) is -0.697. The standard InChI is InChI=1S/C18H16F2N4O2S/c1-10(17(26)24-9-18(19,20)7-12(24)8-21)13-14(15(22)25)27-16(23-13)11-5-3-2-4-6-11/h2-6,10,12H,7,9H2,1H3,(H2,22,25)/t10-,12+/m1/s1. The van der Waals surface area contributed by atoms with E-state index in [1.165, 1.54) is 6.92 Å². The lowest BCUT2D eigenvalue weighted by Crippen LogP contribution is -2.39. The predicted octanol–water partition coefficient (Wildman–Crippen LogP) is 2.77. The van der Waals surface area contributed by atoms with Crippen molar-refractivity contribution in [2.24, 2.45) is 5.73 Å². The van der Waals surface area contributed by atoms with E-state index in [0.717, 1.165) is 21.8 Å². The number of carbonyl (C=O) groups excluding carboxylic acids is 2. The second-order valence-electron chi connectivity index (χ2n) is 6.36. The molecule has 1 aliphatic rings. The second kappa shape index (κ2) is 7.04. The second-order valence-corrected chi connectivity index (χ2v) is 7.36. The van der Waals surface area contributed by atoms with E-state index >= 15 is 0 Å². The number of halogens is 2. The number of thiazole rings is 1. The van der Waals surface area contributed by atoms with Gasteiger partial charge in [0.2, 0.25) is 5.91 Å². The van der Waals surface area contributed by atoms with Crippen LogP contribution in [0.4, 0.5) is 8.78 Å². The molecule has 6 nitrogen and oxygen atoms in total. The van der Waals surface area contributed by atoms with Crippen LogP contribution in [0, 0.1) is 11.3 Å². The number of primary amides is 1. The summed E-state index contributed by atoms with van der Waals surface area (Å²) < 4.78 is 27.3. The Morgan fingerprint density at radius 1 is 1.41 bits per heavy atom. The van der Waals surface area contributed by atoms with E-state index in [1.807, 2.05) is 6.07 Å². The van der Waals surface area contributed by atoms with Crippen LogP contribution in [-0.2, 0) is 4.79 Å². The molecule has 2 amide bonds. The van der Waals surface area contributed by atoms with Gasteiger partial charge in [0.25, 0.3) is 11.8 Å². The van der Waals surface area contributed by atoms with E-state index in [0.29, 0.717) is 5.01 Å². The Kier molecular flexibility index (Phi) is 4.93. The highest BCUT2D eigenvalue weighted by atomic mass is 32.1. The van der Waals surface area contributed by atoms with Crippen LogP contribution in [0.2, 0.25) is 0 Å². The molecule has 27 heavy (non-hydrogen) atoms. The average molecular weight is 390 g/mol. The molecule has 1 aliphatic heterocycles. The van der Waals surface area contributed by atoms with E-state index in [-0.39, 0.29) is 10.6 Å². The minimum absolute atomic E-state index is 0.106. The molecule has 0 spiro atoms. The summed E-state index contributed by atoms with van der Waals surface area (Å²) in [6, 6.07) is 9.57. The number of nitriles is 1. The van der Waals surface area contributed by atoms with Crippen molar-refractivity contribution in [1.29, 1.82) is 5.26 Å². The molecule has 140 valence electrons. The van der Waals surface area contributed by atoms with Crippen molar-refractivity contribution < 1.29 is 18.4 Å². The molecule has 0 bridgehead atoms. The molecule has 9 heteroatoms. The molecule has 1 saturated heterocycles. The topological polar surface area (TPSA) is 100 Å². The first-order valence-corrected chi connectivity index (χ1v) is 8.99. The van der Waals surface area contributed by atoms with Crippen LogP contribution in [0.1, 0.15) is 34.6 Å². The maximum atomic E-state index is 13.7. The third-order valence-electron chi connectivity index (χ3n) is 4.38. The number of likely N-dealkylation sites (tertiary alicyclic amines) is 1. The van der Waals surface area contributed by atoms with Gasteiger partial charge in [-0.25, -0.2) is 13.8 Å². The zero-order valence-electron chi connectivity index (χ0n) is 14.4. The summed E-state index contributed by atoms with van der Waals surface area (Å²) in [6.45, 7) is 0.652. The molecule has 0 unspecified atom stereocenters.